The van der Waals surface area contributed by atoms with E-state index in [9.17, 15) is 9.59 Å². The molecule has 0 saturated carbocycles. The monoisotopic (exact) mass is 380 g/mol. The largest absolute Gasteiger partial charge is 0.486 e. The minimum absolute atomic E-state index is 0.359. The number of rotatable bonds is 3. The molecule has 0 unspecified atom stereocenters. The maximum Gasteiger partial charge on any atom is 0.269 e. The van der Waals surface area contributed by atoms with Crippen LogP contribution < -0.4 is 20.3 Å². The van der Waals surface area contributed by atoms with Crippen LogP contribution in [0.5, 0.6) is 11.5 Å². The molecule has 1 aromatic heterocycles. The molecule has 2 amide bonds. The van der Waals surface area contributed by atoms with Gasteiger partial charge in [0.2, 0.25) is 0 Å². The maximum atomic E-state index is 12.4. The molecule has 4 rings (SSSR count). The van der Waals surface area contributed by atoms with Gasteiger partial charge in [0, 0.05) is 17.7 Å². The SMILES string of the molecule is CCn1c(C)nc2cc(C(=O)NNC(=O)c3ccc4c(c3)OCCO4)ccc21. The van der Waals surface area contributed by atoms with Gasteiger partial charge in [-0.05, 0) is 50.2 Å². The number of amides is 2. The summed E-state index contributed by atoms with van der Waals surface area (Å²) in [5, 5.41) is 0. The maximum absolute atomic E-state index is 12.4. The van der Waals surface area contributed by atoms with Crippen molar-refractivity contribution in [2.75, 3.05) is 13.2 Å². The van der Waals surface area contributed by atoms with Gasteiger partial charge in [-0.15, -0.1) is 0 Å². The van der Waals surface area contributed by atoms with Gasteiger partial charge in [0.15, 0.2) is 11.5 Å². The van der Waals surface area contributed by atoms with E-state index in [0.717, 1.165) is 23.4 Å². The lowest BCUT2D eigenvalue weighted by Gasteiger charge is -2.18. The molecule has 144 valence electrons. The molecule has 28 heavy (non-hydrogen) atoms. The average Bonchev–Trinajstić information content (AvgIpc) is 3.05. The minimum Gasteiger partial charge on any atom is -0.486 e. The predicted octanol–water partition coefficient (Wildman–Crippen LogP) is 2.21. The van der Waals surface area contributed by atoms with Gasteiger partial charge in [0.1, 0.15) is 19.0 Å². The Balaban J connectivity index is 1.45. The third kappa shape index (κ3) is 3.24. The van der Waals surface area contributed by atoms with Gasteiger partial charge in [-0.1, -0.05) is 0 Å². The van der Waals surface area contributed by atoms with Crippen molar-refractivity contribution in [3.8, 4) is 11.5 Å². The number of aromatic nitrogens is 2. The number of nitrogens with one attached hydrogen (secondary N) is 2. The first-order chi connectivity index (χ1) is 13.6. The molecule has 0 spiro atoms. The van der Waals surface area contributed by atoms with E-state index >= 15 is 0 Å². The second kappa shape index (κ2) is 7.22. The fourth-order valence-electron chi connectivity index (χ4n) is 3.23. The molecule has 1 aliphatic rings. The van der Waals surface area contributed by atoms with Crippen LogP contribution in [0.4, 0.5) is 0 Å². The van der Waals surface area contributed by atoms with Crippen LogP contribution in [0, 0.1) is 6.92 Å². The third-order valence-electron chi connectivity index (χ3n) is 4.61. The number of ether oxygens (including phenoxy) is 2. The fourth-order valence-corrected chi connectivity index (χ4v) is 3.23. The molecule has 0 saturated heterocycles. The number of nitrogens with zero attached hydrogens (tertiary/aromatic N) is 2. The van der Waals surface area contributed by atoms with Crippen molar-refractivity contribution < 1.29 is 19.1 Å². The fraction of sp³-hybridized carbons (Fsp3) is 0.250. The molecule has 0 fully saturated rings. The van der Waals surface area contributed by atoms with E-state index in [-0.39, 0.29) is 0 Å². The zero-order valence-electron chi connectivity index (χ0n) is 15.6. The van der Waals surface area contributed by atoms with Gasteiger partial charge in [0.25, 0.3) is 11.8 Å². The summed E-state index contributed by atoms with van der Waals surface area (Å²) in [6.45, 7) is 5.69. The highest BCUT2D eigenvalue weighted by atomic mass is 16.6. The molecule has 1 aliphatic heterocycles. The number of hydrogen-bond acceptors (Lipinski definition) is 5. The van der Waals surface area contributed by atoms with Gasteiger partial charge < -0.3 is 14.0 Å². The number of imidazole rings is 1. The molecule has 8 heteroatoms. The molecule has 0 aliphatic carbocycles. The number of benzene rings is 2. The summed E-state index contributed by atoms with van der Waals surface area (Å²) in [7, 11) is 0. The van der Waals surface area contributed by atoms with Crippen molar-refractivity contribution in [3.63, 3.8) is 0 Å². The van der Waals surface area contributed by atoms with Gasteiger partial charge in [-0.2, -0.15) is 0 Å². The number of carbonyl (C=O) groups is 2. The summed E-state index contributed by atoms with van der Waals surface area (Å²) in [6.07, 6.45) is 0. The number of aryl methyl sites for hydroxylation is 2. The molecule has 2 aromatic carbocycles. The first kappa shape index (κ1) is 17.8. The van der Waals surface area contributed by atoms with E-state index in [2.05, 4.69) is 20.4 Å². The van der Waals surface area contributed by atoms with E-state index in [1.165, 1.54) is 0 Å². The van der Waals surface area contributed by atoms with Gasteiger partial charge in [0.05, 0.1) is 11.0 Å². The molecule has 2 N–H and O–H groups in total. The first-order valence-corrected chi connectivity index (χ1v) is 9.04. The van der Waals surface area contributed by atoms with Crippen LogP contribution in [0.15, 0.2) is 36.4 Å². The second-order valence-corrected chi connectivity index (χ2v) is 6.37. The second-order valence-electron chi connectivity index (χ2n) is 6.37. The van der Waals surface area contributed by atoms with E-state index in [1.54, 1.807) is 30.3 Å². The van der Waals surface area contributed by atoms with Crippen LogP contribution in [0.3, 0.4) is 0 Å². The zero-order valence-corrected chi connectivity index (χ0v) is 15.6. The Morgan fingerprint density at radius 2 is 1.64 bits per heavy atom. The number of hydrogen-bond donors (Lipinski definition) is 2. The molecule has 0 bridgehead atoms. The van der Waals surface area contributed by atoms with Crippen LogP contribution in [0.1, 0.15) is 33.5 Å². The van der Waals surface area contributed by atoms with Crippen LogP contribution >= 0.6 is 0 Å². The smallest absolute Gasteiger partial charge is 0.269 e. The van der Waals surface area contributed by atoms with Crippen LogP contribution in [0.2, 0.25) is 0 Å². The highest BCUT2D eigenvalue weighted by Crippen LogP contribution is 2.30. The molecular formula is C20H20N4O4. The molecule has 2 heterocycles. The Morgan fingerprint density at radius 3 is 2.36 bits per heavy atom. The van der Waals surface area contributed by atoms with Crippen LogP contribution in [-0.2, 0) is 6.54 Å². The Labute approximate surface area is 161 Å². The lowest BCUT2D eigenvalue weighted by atomic mass is 10.2. The van der Waals surface area contributed by atoms with Gasteiger partial charge in [-0.3, -0.25) is 20.4 Å². The average molecular weight is 380 g/mol. The Hall–Kier alpha value is -3.55. The summed E-state index contributed by atoms with van der Waals surface area (Å²) in [4.78, 5) is 29.2. The summed E-state index contributed by atoms with van der Waals surface area (Å²) in [6, 6.07) is 10.1. The van der Waals surface area contributed by atoms with Crippen LogP contribution in [-0.4, -0.2) is 34.6 Å². The lowest BCUT2D eigenvalue weighted by molar-refractivity contribution is 0.0846. The lowest BCUT2D eigenvalue weighted by Crippen LogP contribution is -2.41. The molecular weight excluding hydrogens is 360 g/mol. The normalized spacial score (nSPS) is 12.6. The summed E-state index contributed by atoms with van der Waals surface area (Å²) in [5.41, 5.74) is 7.33. The first-order valence-electron chi connectivity index (χ1n) is 9.04. The standard InChI is InChI=1S/C20H20N4O4/c1-3-24-12(2)21-15-10-13(4-6-16(15)24)19(25)22-23-20(26)14-5-7-17-18(11-14)28-9-8-27-17/h4-7,10-11H,3,8-9H2,1-2H3,(H,22,25)(H,23,26). The van der Waals surface area contributed by atoms with Crippen molar-refractivity contribution >= 4 is 22.8 Å². The summed E-state index contributed by atoms with van der Waals surface area (Å²) >= 11 is 0. The highest BCUT2D eigenvalue weighted by Gasteiger charge is 2.16. The summed E-state index contributed by atoms with van der Waals surface area (Å²) in [5.74, 6) is 1.13. The van der Waals surface area contributed by atoms with Crippen molar-refractivity contribution in [2.24, 2.45) is 0 Å². The quantitative estimate of drug-likeness (QED) is 0.680. The van der Waals surface area contributed by atoms with Gasteiger partial charge >= 0.3 is 0 Å². The van der Waals surface area contributed by atoms with E-state index in [4.69, 9.17) is 9.47 Å². The summed E-state index contributed by atoms with van der Waals surface area (Å²) < 4.78 is 13.0. The Bertz CT molecular complexity index is 1070. The van der Waals surface area contributed by atoms with Crippen molar-refractivity contribution in [1.29, 1.82) is 0 Å². The van der Waals surface area contributed by atoms with Gasteiger partial charge in [-0.25, -0.2) is 4.98 Å². The topological polar surface area (TPSA) is 94.5 Å². The third-order valence-corrected chi connectivity index (χ3v) is 4.61. The molecule has 8 nitrogen and oxygen atoms in total. The van der Waals surface area contributed by atoms with E-state index in [1.807, 2.05) is 19.9 Å². The van der Waals surface area contributed by atoms with Crippen LogP contribution in [0.25, 0.3) is 11.0 Å². The number of fused-ring (bicyclic) bond motifs is 2. The predicted molar refractivity (Wildman–Crippen MR) is 103 cm³/mol. The van der Waals surface area contributed by atoms with Crippen molar-refractivity contribution in [2.45, 2.75) is 20.4 Å². The van der Waals surface area contributed by atoms with E-state index in [0.29, 0.717) is 35.8 Å². The molecule has 0 atom stereocenters. The molecule has 0 radical (unpaired) electrons. The number of hydrazine groups is 1. The Morgan fingerprint density at radius 1 is 1.00 bits per heavy atom. The number of carbonyl (C=O) groups excluding carboxylic acids is 2. The minimum atomic E-state index is -0.447. The van der Waals surface area contributed by atoms with Crippen molar-refractivity contribution in [1.82, 2.24) is 20.4 Å². The van der Waals surface area contributed by atoms with E-state index < -0.39 is 11.8 Å². The van der Waals surface area contributed by atoms with Crippen molar-refractivity contribution in [3.05, 3.63) is 53.3 Å². The molecule has 3 aromatic rings. The zero-order chi connectivity index (χ0) is 19.7. The highest BCUT2D eigenvalue weighted by molar-refractivity contribution is 6.00. The Kier molecular flexibility index (Phi) is 4.60.